The van der Waals surface area contributed by atoms with E-state index in [1.807, 2.05) is 6.92 Å². The highest BCUT2D eigenvalue weighted by atomic mass is 16.5. The first-order valence-corrected chi connectivity index (χ1v) is 6.95. The molecule has 1 saturated heterocycles. The van der Waals surface area contributed by atoms with Gasteiger partial charge >= 0.3 is 0 Å². The van der Waals surface area contributed by atoms with E-state index in [2.05, 4.69) is 11.8 Å². The van der Waals surface area contributed by atoms with E-state index in [4.69, 9.17) is 10.5 Å². The standard InChI is InChI=1S/C13H28N2O2/c1-3-5-12(14)13(10-16)15-8-6-11(7-9-15)17-4-2/h11-13,16H,3-10,14H2,1-2H3. The summed E-state index contributed by atoms with van der Waals surface area (Å²) in [5.41, 5.74) is 6.13. The van der Waals surface area contributed by atoms with Gasteiger partial charge in [-0.15, -0.1) is 0 Å². The van der Waals surface area contributed by atoms with Crippen LogP contribution < -0.4 is 5.73 Å². The fraction of sp³-hybridized carbons (Fsp3) is 1.00. The number of piperidine rings is 1. The van der Waals surface area contributed by atoms with Crippen molar-refractivity contribution < 1.29 is 9.84 Å². The van der Waals surface area contributed by atoms with Crippen LogP contribution in [0.2, 0.25) is 0 Å². The lowest BCUT2D eigenvalue weighted by atomic mass is 9.99. The highest BCUT2D eigenvalue weighted by Gasteiger charge is 2.28. The van der Waals surface area contributed by atoms with Crippen molar-refractivity contribution in [3.8, 4) is 0 Å². The quantitative estimate of drug-likeness (QED) is 0.701. The zero-order valence-electron chi connectivity index (χ0n) is 11.3. The van der Waals surface area contributed by atoms with E-state index in [0.717, 1.165) is 45.4 Å². The Hall–Kier alpha value is -0.160. The van der Waals surface area contributed by atoms with E-state index in [1.165, 1.54) is 0 Å². The molecular weight excluding hydrogens is 216 g/mol. The van der Waals surface area contributed by atoms with Gasteiger partial charge in [-0.25, -0.2) is 0 Å². The van der Waals surface area contributed by atoms with Crippen molar-refractivity contribution in [2.24, 2.45) is 5.73 Å². The van der Waals surface area contributed by atoms with Gasteiger partial charge in [-0.05, 0) is 26.2 Å². The monoisotopic (exact) mass is 244 g/mol. The smallest absolute Gasteiger partial charge is 0.0601 e. The lowest BCUT2D eigenvalue weighted by Crippen LogP contribution is -2.53. The average molecular weight is 244 g/mol. The molecule has 4 heteroatoms. The molecule has 0 aliphatic carbocycles. The molecule has 0 spiro atoms. The molecule has 2 unspecified atom stereocenters. The third-order valence-corrected chi connectivity index (χ3v) is 3.65. The number of hydrogen-bond acceptors (Lipinski definition) is 4. The predicted octanol–water partition coefficient (Wildman–Crippen LogP) is 0.976. The molecule has 0 radical (unpaired) electrons. The van der Waals surface area contributed by atoms with Crippen LogP contribution in [0.4, 0.5) is 0 Å². The minimum Gasteiger partial charge on any atom is -0.395 e. The van der Waals surface area contributed by atoms with Crippen molar-refractivity contribution >= 4 is 0 Å². The van der Waals surface area contributed by atoms with E-state index in [0.29, 0.717) is 6.10 Å². The topological polar surface area (TPSA) is 58.7 Å². The van der Waals surface area contributed by atoms with Crippen LogP contribution in [0, 0.1) is 0 Å². The van der Waals surface area contributed by atoms with Crippen molar-refractivity contribution in [3.05, 3.63) is 0 Å². The number of likely N-dealkylation sites (tertiary alicyclic amines) is 1. The Morgan fingerprint density at radius 2 is 2.00 bits per heavy atom. The molecule has 0 aromatic carbocycles. The minimum absolute atomic E-state index is 0.0913. The van der Waals surface area contributed by atoms with Crippen LogP contribution in [0.3, 0.4) is 0 Å². The Kier molecular flexibility index (Phi) is 7.04. The van der Waals surface area contributed by atoms with Crippen LogP contribution >= 0.6 is 0 Å². The Labute approximate surface area is 105 Å². The van der Waals surface area contributed by atoms with E-state index in [9.17, 15) is 5.11 Å². The van der Waals surface area contributed by atoms with Gasteiger partial charge in [0.2, 0.25) is 0 Å². The molecule has 17 heavy (non-hydrogen) atoms. The number of aliphatic hydroxyl groups excluding tert-OH is 1. The van der Waals surface area contributed by atoms with E-state index in [-0.39, 0.29) is 18.7 Å². The number of hydrogen-bond donors (Lipinski definition) is 2. The number of ether oxygens (including phenoxy) is 1. The van der Waals surface area contributed by atoms with E-state index < -0.39 is 0 Å². The summed E-state index contributed by atoms with van der Waals surface area (Å²) in [6, 6.07) is 0.214. The molecule has 1 fully saturated rings. The van der Waals surface area contributed by atoms with Crippen LogP contribution in [0.5, 0.6) is 0 Å². The van der Waals surface area contributed by atoms with Crippen molar-refractivity contribution in [3.63, 3.8) is 0 Å². The lowest BCUT2D eigenvalue weighted by molar-refractivity contribution is -0.00792. The highest BCUT2D eigenvalue weighted by Crippen LogP contribution is 2.18. The summed E-state index contributed by atoms with van der Waals surface area (Å²) < 4.78 is 5.63. The molecule has 102 valence electrons. The second kappa shape index (κ2) is 8.03. The fourth-order valence-corrected chi connectivity index (χ4v) is 2.66. The van der Waals surface area contributed by atoms with Crippen molar-refractivity contribution in [1.82, 2.24) is 4.90 Å². The molecule has 0 amide bonds. The largest absolute Gasteiger partial charge is 0.395 e. The zero-order chi connectivity index (χ0) is 12.7. The highest BCUT2D eigenvalue weighted by molar-refractivity contribution is 4.85. The molecule has 1 heterocycles. The zero-order valence-corrected chi connectivity index (χ0v) is 11.3. The molecule has 1 rings (SSSR count). The van der Waals surface area contributed by atoms with Gasteiger partial charge in [0.15, 0.2) is 0 Å². The van der Waals surface area contributed by atoms with Crippen molar-refractivity contribution in [2.75, 3.05) is 26.3 Å². The molecule has 2 atom stereocenters. The molecule has 0 aromatic heterocycles. The van der Waals surface area contributed by atoms with Gasteiger partial charge in [-0.1, -0.05) is 13.3 Å². The average Bonchev–Trinajstić information content (AvgIpc) is 2.33. The third-order valence-electron chi connectivity index (χ3n) is 3.65. The molecule has 3 N–H and O–H groups in total. The summed E-state index contributed by atoms with van der Waals surface area (Å²) in [4.78, 5) is 2.33. The number of nitrogens with zero attached hydrogens (tertiary/aromatic N) is 1. The molecule has 0 aromatic rings. The van der Waals surface area contributed by atoms with Crippen molar-refractivity contribution in [2.45, 2.75) is 57.7 Å². The van der Waals surface area contributed by atoms with Gasteiger partial charge in [0.05, 0.1) is 12.7 Å². The summed E-state index contributed by atoms with van der Waals surface area (Å²) >= 11 is 0. The van der Waals surface area contributed by atoms with Crippen LogP contribution in [-0.4, -0.2) is 54.5 Å². The maximum atomic E-state index is 9.49. The summed E-state index contributed by atoms with van der Waals surface area (Å²) in [5.74, 6) is 0. The van der Waals surface area contributed by atoms with E-state index >= 15 is 0 Å². The molecule has 1 aliphatic rings. The molecular formula is C13H28N2O2. The second-order valence-corrected chi connectivity index (χ2v) is 4.89. The van der Waals surface area contributed by atoms with Crippen LogP contribution in [-0.2, 0) is 4.74 Å². The molecule has 4 nitrogen and oxygen atoms in total. The predicted molar refractivity (Wildman–Crippen MR) is 70.0 cm³/mol. The SMILES string of the molecule is CCCC(N)C(CO)N1CCC(OCC)CC1. The maximum absolute atomic E-state index is 9.49. The first-order valence-electron chi connectivity index (χ1n) is 6.95. The summed E-state index contributed by atoms with van der Waals surface area (Å²) in [5, 5.41) is 9.49. The first-order chi connectivity index (χ1) is 8.22. The summed E-state index contributed by atoms with van der Waals surface area (Å²) in [6.07, 6.45) is 4.58. The van der Waals surface area contributed by atoms with E-state index in [1.54, 1.807) is 0 Å². The van der Waals surface area contributed by atoms with Crippen LogP contribution in [0.1, 0.15) is 39.5 Å². The Morgan fingerprint density at radius 1 is 1.35 bits per heavy atom. The number of aliphatic hydroxyl groups is 1. The van der Waals surface area contributed by atoms with Crippen LogP contribution in [0.25, 0.3) is 0 Å². The molecule has 0 saturated carbocycles. The van der Waals surface area contributed by atoms with Gasteiger partial charge in [-0.3, -0.25) is 4.90 Å². The van der Waals surface area contributed by atoms with Gasteiger partial charge in [-0.2, -0.15) is 0 Å². The maximum Gasteiger partial charge on any atom is 0.0601 e. The Morgan fingerprint density at radius 3 is 2.47 bits per heavy atom. The second-order valence-electron chi connectivity index (χ2n) is 4.89. The van der Waals surface area contributed by atoms with Gasteiger partial charge < -0.3 is 15.6 Å². The van der Waals surface area contributed by atoms with Gasteiger partial charge in [0, 0.05) is 31.8 Å². The van der Waals surface area contributed by atoms with Crippen molar-refractivity contribution in [1.29, 1.82) is 0 Å². The van der Waals surface area contributed by atoms with Crippen LogP contribution in [0.15, 0.2) is 0 Å². The summed E-state index contributed by atoms with van der Waals surface area (Å²) in [6.45, 7) is 7.13. The number of rotatable bonds is 7. The third kappa shape index (κ3) is 4.54. The summed E-state index contributed by atoms with van der Waals surface area (Å²) in [7, 11) is 0. The first kappa shape index (κ1) is 14.9. The Balaban J connectivity index is 2.39. The number of nitrogens with two attached hydrogens (primary N) is 1. The van der Waals surface area contributed by atoms with Gasteiger partial charge in [0.1, 0.15) is 0 Å². The fourth-order valence-electron chi connectivity index (χ4n) is 2.66. The van der Waals surface area contributed by atoms with Gasteiger partial charge in [0.25, 0.3) is 0 Å². The Bertz CT molecular complexity index is 194. The molecule has 1 aliphatic heterocycles. The minimum atomic E-state index is 0.0913. The normalized spacial score (nSPS) is 22.6. The lowest BCUT2D eigenvalue weighted by Gasteiger charge is -2.39. The molecule has 0 bridgehead atoms.